The molecular formula is C25H29F3N4O5. The van der Waals surface area contributed by atoms with Gasteiger partial charge in [0.25, 0.3) is 5.89 Å². The number of aliphatic hydroxyl groups excluding tert-OH is 1. The number of halogens is 3. The van der Waals surface area contributed by atoms with Gasteiger partial charge in [-0.05, 0) is 36.8 Å². The summed E-state index contributed by atoms with van der Waals surface area (Å²) < 4.78 is 51.3. The second-order valence-corrected chi connectivity index (χ2v) is 9.85. The van der Waals surface area contributed by atoms with Crippen LogP contribution in [0.3, 0.4) is 0 Å². The molecule has 0 radical (unpaired) electrons. The van der Waals surface area contributed by atoms with Crippen molar-refractivity contribution in [3.8, 4) is 23.0 Å². The van der Waals surface area contributed by atoms with Gasteiger partial charge in [-0.15, -0.1) is 0 Å². The summed E-state index contributed by atoms with van der Waals surface area (Å²) in [7, 11) is 0. The molecule has 12 heteroatoms. The van der Waals surface area contributed by atoms with Gasteiger partial charge in [0.2, 0.25) is 5.82 Å². The summed E-state index contributed by atoms with van der Waals surface area (Å²) in [5, 5.41) is 27.1. The molecule has 0 saturated carbocycles. The Labute approximate surface area is 211 Å². The van der Waals surface area contributed by atoms with Gasteiger partial charge in [0, 0.05) is 31.5 Å². The summed E-state index contributed by atoms with van der Waals surface area (Å²) in [6.07, 6.45) is -3.57. The van der Waals surface area contributed by atoms with E-state index in [1.165, 1.54) is 0 Å². The van der Waals surface area contributed by atoms with Gasteiger partial charge >= 0.3 is 12.1 Å². The van der Waals surface area contributed by atoms with Crippen LogP contribution in [0.2, 0.25) is 0 Å². The van der Waals surface area contributed by atoms with Crippen LogP contribution in [-0.4, -0.2) is 56.0 Å². The first-order chi connectivity index (χ1) is 17.5. The van der Waals surface area contributed by atoms with Gasteiger partial charge < -0.3 is 24.2 Å². The smallest absolute Gasteiger partial charge is 0.422 e. The minimum Gasteiger partial charge on any atom is -0.481 e. The fourth-order valence-corrected chi connectivity index (χ4v) is 4.64. The number of nitrogens with zero attached hydrogens (tertiary/aromatic N) is 4. The van der Waals surface area contributed by atoms with E-state index < -0.39 is 35.4 Å². The molecule has 0 aliphatic carbocycles. The standard InChI is InChI=1S/C25H29F3N4O5/c1-14(2)10-19-21(25(26,27)28)22(30-36-19)24-29-23(31-37-24)17-7-5-16(6-8-17)18(33)13-32-9-3-4-15(12-32)11-20(34)35/h5-8,14-15,18,33H,3-4,9-13H2,1-2H3,(H,34,35)/t15-,18+/m1/s1. The molecule has 0 amide bonds. The summed E-state index contributed by atoms with van der Waals surface area (Å²) in [6.45, 7) is 5.32. The van der Waals surface area contributed by atoms with Crippen LogP contribution in [0.15, 0.2) is 33.3 Å². The molecule has 200 valence electrons. The van der Waals surface area contributed by atoms with E-state index in [-0.39, 0.29) is 36.3 Å². The topological polar surface area (TPSA) is 126 Å². The number of carbonyl (C=O) groups is 1. The molecule has 0 bridgehead atoms. The lowest BCUT2D eigenvalue weighted by atomic mass is 9.94. The van der Waals surface area contributed by atoms with E-state index in [0.717, 1.165) is 19.4 Å². The molecule has 1 aromatic carbocycles. The summed E-state index contributed by atoms with van der Waals surface area (Å²) in [4.78, 5) is 17.2. The van der Waals surface area contributed by atoms with Gasteiger partial charge in [0.15, 0.2) is 5.69 Å². The number of carboxylic acid groups (broad SMARTS) is 1. The Morgan fingerprint density at radius 2 is 1.92 bits per heavy atom. The summed E-state index contributed by atoms with van der Waals surface area (Å²) in [6, 6.07) is 6.67. The molecular weight excluding hydrogens is 493 g/mol. The summed E-state index contributed by atoms with van der Waals surface area (Å²) in [5.74, 6) is -1.43. The van der Waals surface area contributed by atoms with Crippen molar-refractivity contribution in [3.63, 3.8) is 0 Å². The Bertz CT molecular complexity index is 1210. The predicted octanol–water partition coefficient (Wildman–Crippen LogP) is 4.83. The average molecular weight is 523 g/mol. The van der Waals surface area contributed by atoms with Crippen LogP contribution < -0.4 is 0 Å². The van der Waals surface area contributed by atoms with Gasteiger partial charge in [-0.1, -0.05) is 48.4 Å². The number of rotatable bonds is 9. The molecule has 0 unspecified atom stereocenters. The number of alkyl halides is 3. The Morgan fingerprint density at radius 3 is 2.57 bits per heavy atom. The zero-order valence-corrected chi connectivity index (χ0v) is 20.5. The third-order valence-electron chi connectivity index (χ3n) is 6.32. The van der Waals surface area contributed by atoms with Crippen LogP contribution in [0.5, 0.6) is 0 Å². The van der Waals surface area contributed by atoms with Gasteiger partial charge in [0.05, 0.1) is 6.10 Å². The maximum Gasteiger partial charge on any atom is 0.422 e. The first-order valence-corrected chi connectivity index (χ1v) is 12.1. The molecule has 1 saturated heterocycles. The predicted molar refractivity (Wildman–Crippen MR) is 125 cm³/mol. The minimum absolute atomic E-state index is 0.0598. The van der Waals surface area contributed by atoms with Gasteiger partial charge in [-0.25, -0.2) is 0 Å². The Balaban J connectivity index is 1.46. The van der Waals surface area contributed by atoms with Crippen LogP contribution >= 0.6 is 0 Å². The highest BCUT2D eigenvalue weighted by Gasteiger charge is 2.42. The van der Waals surface area contributed by atoms with E-state index in [0.29, 0.717) is 24.2 Å². The highest BCUT2D eigenvalue weighted by molar-refractivity contribution is 5.67. The van der Waals surface area contributed by atoms with Crippen molar-refractivity contribution in [2.75, 3.05) is 19.6 Å². The molecule has 1 aliphatic heterocycles. The molecule has 0 spiro atoms. The molecule has 2 atom stereocenters. The van der Waals surface area contributed by atoms with Crippen LogP contribution in [-0.2, 0) is 17.4 Å². The zero-order valence-electron chi connectivity index (χ0n) is 20.5. The van der Waals surface area contributed by atoms with E-state index in [1.54, 1.807) is 38.1 Å². The third kappa shape index (κ3) is 6.55. The van der Waals surface area contributed by atoms with Crippen LogP contribution in [0.1, 0.15) is 56.1 Å². The molecule has 3 heterocycles. The lowest BCUT2D eigenvalue weighted by Gasteiger charge is -2.33. The molecule has 9 nitrogen and oxygen atoms in total. The highest BCUT2D eigenvalue weighted by Crippen LogP contribution is 2.40. The van der Waals surface area contributed by atoms with Crippen molar-refractivity contribution < 1.29 is 37.2 Å². The summed E-state index contributed by atoms with van der Waals surface area (Å²) in [5.41, 5.74) is -0.429. The minimum atomic E-state index is -4.70. The van der Waals surface area contributed by atoms with Crippen molar-refractivity contribution in [2.24, 2.45) is 11.8 Å². The molecule has 2 aromatic heterocycles. The van der Waals surface area contributed by atoms with E-state index in [2.05, 4.69) is 20.2 Å². The van der Waals surface area contributed by atoms with Crippen molar-refractivity contribution in [1.82, 2.24) is 20.2 Å². The number of aliphatic carboxylic acids is 1. The van der Waals surface area contributed by atoms with Gasteiger partial charge in [-0.2, -0.15) is 18.2 Å². The van der Waals surface area contributed by atoms with E-state index in [9.17, 15) is 23.1 Å². The zero-order chi connectivity index (χ0) is 26.7. The number of hydrogen-bond donors (Lipinski definition) is 2. The maximum absolute atomic E-state index is 13.7. The maximum atomic E-state index is 13.7. The van der Waals surface area contributed by atoms with E-state index in [4.69, 9.17) is 14.2 Å². The van der Waals surface area contributed by atoms with Crippen LogP contribution in [0.4, 0.5) is 13.2 Å². The Kier molecular flexibility index (Phi) is 7.98. The lowest BCUT2D eigenvalue weighted by molar-refractivity contribution is -0.139. The molecule has 37 heavy (non-hydrogen) atoms. The number of carboxylic acids is 1. The van der Waals surface area contributed by atoms with Crippen molar-refractivity contribution in [3.05, 3.63) is 41.2 Å². The first-order valence-electron chi connectivity index (χ1n) is 12.1. The van der Waals surface area contributed by atoms with Crippen LogP contribution in [0, 0.1) is 11.8 Å². The van der Waals surface area contributed by atoms with Crippen molar-refractivity contribution in [2.45, 2.75) is 51.8 Å². The van der Waals surface area contributed by atoms with Gasteiger partial charge in [-0.3, -0.25) is 4.79 Å². The first kappa shape index (κ1) is 26.8. The molecule has 3 aromatic rings. The number of likely N-dealkylation sites (tertiary alicyclic amines) is 1. The van der Waals surface area contributed by atoms with Crippen LogP contribution in [0.25, 0.3) is 23.0 Å². The van der Waals surface area contributed by atoms with Crippen molar-refractivity contribution >= 4 is 5.97 Å². The van der Waals surface area contributed by atoms with Crippen molar-refractivity contribution in [1.29, 1.82) is 0 Å². The Hall–Kier alpha value is -3.25. The number of piperidine rings is 1. The Morgan fingerprint density at radius 1 is 1.19 bits per heavy atom. The largest absolute Gasteiger partial charge is 0.481 e. The molecule has 2 N–H and O–H groups in total. The number of aromatic nitrogens is 3. The SMILES string of the molecule is CC(C)Cc1onc(-c2nc(-c3ccc([C@@H](O)CN4CCC[C@H](CC(=O)O)C4)cc3)no2)c1C(F)(F)F. The van der Waals surface area contributed by atoms with E-state index in [1.807, 2.05) is 0 Å². The number of aliphatic hydroxyl groups is 1. The monoisotopic (exact) mass is 522 g/mol. The molecule has 1 aliphatic rings. The van der Waals surface area contributed by atoms with E-state index >= 15 is 0 Å². The lowest BCUT2D eigenvalue weighted by Crippen LogP contribution is -2.38. The third-order valence-corrected chi connectivity index (χ3v) is 6.32. The second-order valence-electron chi connectivity index (χ2n) is 9.85. The number of β-amino-alcohol motifs (C(OH)–C–C–N with tert-alkyl or cyclic N) is 1. The fraction of sp³-hybridized carbons (Fsp3) is 0.520. The molecule has 1 fully saturated rings. The summed E-state index contributed by atoms with van der Waals surface area (Å²) >= 11 is 0. The second kappa shape index (κ2) is 11.0. The fourth-order valence-electron chi connectivity index (χ4n) is 4.64. The average Bonchev–Trinajstić information content (AvgIpc) is 3.46. The molecule has 4 rings (SSSR count). The number of benzene rings is 1. The number of hydrogen-bond acceptors (Lipinski definition) is 8. The normalized spacial score (nSPS) is 17.9. The highest BCUT2D eigenvalue weighted by atomic mass is 19.4. The van der Waals surface area contributed by atoms with Gasteiger partial charge in [0.1, 0.15) is 11.3 Å². The quantitative estimate of drug-likeness (QED) is 0.406.